The maximum Gasteiger partial charge on any atom is 0.282 e. The minimum atomic E-state index is -0.373. The van der Waals surface area contributed by atoms with Crippen molar-refractivity contribution in [2.45, 2.75) is 12.5 Å². The number of aromatic nitrogens is 3. The highest BCUT2D eigenvalue weighted by Gasteiger charge is 2.36. The second kappa shape index (κ2) is 8.86. The number of carbonyl (C=O) groups excluding carboxylic acids is 2. The smallest absolute Gasteiger partial charge is 0.282 e. The lowest BCUT2D eigenvalue weighted by molar-refractivity contribution is -0.117. The molecule has 2 fully saturated rings. The van der Waals surface area contributed by atoms with E-state index >= 15 is 0 Å². The average molecular weight is 491 g/mol. The van der Waals surface area contributed by atoms with Gasteiger partial charge < -0.3 is 14.4 Å². The number of thiazole rings is 1. The fourth-order valence-corrected chi connectivity index (χ4v) is 5.55. The first-order chi connectivity index (χ1) is 17.1. The van der Waals surface area contributed by atoms with E-state index in [1.54, 1.807) is 12.3 Å². The topological polar surface area (TPSA) is 74.6 Å². The first-order valence-corrected chi connectivity index (χ1v) is 12.4. The van der Waals surface area contributed by atoms with E-state index in [2.05, 4.69) is 14.9 Å². The molecule has 0 bridgehead atoms. The minimum absolute atomic E-state index is 0.0140. The summed E-state index contributed by atoms with van der Waals surface area (Å²) < 4.78 is 15.2. The second-order valence-corrected chi connectivity index (χ2v) is 9.69. The number of carbonyl (C=O) groups is 2. The van der Waals surface area contributed by atoms with Crippen LogP contribution in [0, 0.1) is 5.82 Å². The molecule has 1 atom stereocenters. The van der Waals surface area contributed by atoms with Gasteiger partial charge in [0.15, 0.2) is 5.01 Å². The van der Waals surface area contributed by atoms with Crippen LogP contribution in [0.5, 0.6) is 0 Å². The largest absolute Gasteiger partial charge is 0.334 e. The molecule has 2 aliphatic rings. The summed E-state index contributed by atoms with van der Waals surface area (Å²) in [5.41, 5.74) is 1.81. The molecule has 0 aliphatic carbocycles. The Labute approximate surface area is 205 Å². The Bertz CT molecular complexity index is 1380. The molecule has 3 aromatic heterocycles. The maximum absolute atomic E-state index is 13.3. The average Bonchev–Trinajstić information content (AvgIpc) is 3.64. The Morgan fingerprint density at radius 1 is 1.06 bits per heavy atom. The number of hydrogen-bond donors (Lipinski definition) is 0. The van der Waals surface area contributed by atoms with Crippen LogP contribution in [0.15, 0.2) is 60.4 Å². The number of amides is 2. The number of benzene rings is 1. The van der Waals surface area contributed by atoms with Gasteiger partial charge >= 0.3 is 0 Å². The van der Waals surface area contributed by atoms with Gasteiger partial charge in [-0.05, 0) is 36.4 Å². The van der Waals surface area contributed by atoms with Crippen molar-refractivity contribution in [3.05, 3.63) is 71.2 Å². The number of rotatable bonds is 4. The van der Waals surface area contributed by atoms with Gasteiger partial charge in [0.25, 0.3) is 5.91 Å². The summed E-state index contributed by atoms with van der Waals surface area (Å²) in [6.45, 7) is 3.40. The van der Waals surface area contributed by atoms with Crippen LogP contribution in [0.4, 0.5) is 10.1 Å². The van der Waals surface area contributed by atoms with E-state index < -0.39 is 0 Å². The van der Waals surface area contributed by atoms with E-state index in [1.807, 2.05) is 50.2 Å². The molecule has 1 aromatic carbocycles. The Morgan fingerprint density at radius 3 is 2.66 bits per heavy atom. The minimum Gasteiger partial charge on any atom is -0.334 e. The van der Waals surface area contributed by atoms with Crippen molar-refractivity contribution in [1.29, 1.82) is 0 Å². The van der Waals surface area contributed by atoms with Crippen molar-refractivity contribution >= 4 is 39.7 Å². The lowest BCUT2D eigenvalue weighted by atomic mass is 10.2. The number of anilines is 1. The summed E-state index contributed by atoms with van der Waals surface area (Å²) in [4.78, 5) is 39.8. The van der Waals surface area contributed by atoms with Crippen LogP contribution in [-0.2, 0) is 4.79 Å². The first-order valence-electron chi connectivity index (χ1n) is 11.5. The Kier molecular flexibility index (Phi) is 5.54. The van der Waals surface area contributed by atoms with E-state index in [0.717, 1.165) is 29.7 Å². The molecule has 6 rings (SSSR count). The van der Waals surface area contributed by atoms with Crippen LogP contribution < -0.4 is 4.90 Å². The van der Waals surface area contributed by atoms with E-state index in [4.69, 9.17) is 0 Å². The zero-order chi connectivity index (χ0) is 23.9. The van der Waals surface area contributed by atoms with Gasteiger partial charge in [0.2, 0.25) is 5.91 Å². The molecule has 0 saturated carbocycles. The third kappa shape index (κ3) is 4.08. The summed E-state index contributed by atoms with van der Waals surface area (Å²) in [5.74, 6) is 0.358. The van der Waals surface area contributed by atoms with Gasteiger partial charge in [0.1, 0.15) is 11.6 Å². The lowest BCUT2D eigenvalue weighted by Crippen LogP contribution is -2.52. The zero-order valence-corrected chi connectivity index (χ0v) is 19.7. The number of pyridine rings is 1. The fraction of sp³-hybridized carbons (Fsp3) is 0.280. The molecule has 10 heteroatoms. The third-order valence-corrected chi connectivity index (χ3v) is 7.54. The molecular weight excluding hydrogens is 467 g/mol. The van der Waals surface area contributed by atoms with Crippen LogP contribution in [0.25, 0.3) is 16.7 Å². The predicted octanol–water partition coefficient (Wildman–Crippen LogP) is 3.18. The van der Waals surface area contributed by atoms with Gasteiger partial charge in [-0.2, -0.15) is 0 Å². The van der Waals surface area contributed by atoms with Crippen LogP contribution in [0.2, 0.25) is 0 Å². The summed E-state index contributed by atoms with van der Waals surface area (Å²) in [7, 11) is 0. The van der Waals surface area contributed by atoms with Gasteiger partial charge in [-0.3, -0.25) is 14.5 Å². The molecule has 8 nitrogen and oxygen atoms in total. The van der Waals surface area contributed by atoms with Crippen molar-refractivity contribution in [2.75, 3.05) is 37.6 Å². The molecule has 0 spiro atoms. The SMILES string of the molecule is O=C(c1nccs1)N1CCN(C2CC(=O)N(c3ccc4c(ccn4-c4ccc(F)cn4)c3)C2)CC1. The van der Waals surface area contributed by atoms with E-state index in [9.17, 15) is 14.0 Å². The summed E-state index contributed by atoms with van der Waals surface area (Å²) >= 11 is 1.36. The second-order valence-electron chi connectivity index (χ2n) is 8.79. The predicted molar refractivity (Wildman–Crippen MR) is 131 cm³/mol. The molecule has 2 saturated heterocycles. The molecule has 4 aromatic rings. The van der Waals surface area contributed by atoms with Crippen LogP contribution in [-0.4, -0.2) is 74.9 Å². The lowest BCUT2D eigenvalue weighted by Gasteiger charge is -2.37. The van der Waals surface area contributed by atoms with Gasteiger partial charge in [-0.25, -0.2) is 14.4 Å². The standard InChI is InChI=1S/C25H23FN6O2S/c26-18-1-4-22(28-15-18)31-7-5-17-13-19(2-3-21(17)31)32-16-20(14-23(32)33)29-8-10-30(11-9-29)25(34)24-27-6-12-35-24/h1-7,12-13,15,20H,8-11,14,16H2. The highest BCUT2D eigenvalue weighted by atomic mass is 32.1. The van der Waals surface area contributed by atoms with Gasteiger partial charge in [-0.15, -0.1) is 11.3 Å². The molecule has 0 radical (unpaired) electrons. The molecule has 2 aliphatic heterocycles. The van der Waals surface area contributed by atoms with Crippen molar-refractivity contribution < 1.29 is 14.0 Å². The molecule has 0 N–H and O–H groups in total. The highest BCUT2D eigenvalue weighted by Crippen LogP contribution is 2.29. The molecular formula is C25H23FN6O2S. The van der Waals surface area contributed by atoms with Crippen LogP contribution >= 0.6 is 11.3 Å². The quantitative estimate of drug-likeness (QED) is 0.439. The summed E-state index contributed by atoms with van der Waals surface area (Å²) in [6.07, 6.45) is 5.22. The summed E-state index contributed by atoms with van der Waals surface area (Å²) in [6, 6.07) is 11.1. The van der Waals surface area contributed by atoms with Crippen molar-refractivity contribution in [3.8, 4) is 5.82 Å². The number of nitrogens with zero attached hydrogens (tertiary/aromatic N) is 6. The number of fused-ring (bicyclic) bond motifs is 1. The van der Waals surface area contributed by atoms with Gasteiger partial charge in [0.05, 0.1) is 11.7 Å². The monoisotopic (exact) mass is 490 g/mol. The zero-order valence-electron chi connectivity index (χ0n) is 18.9. The number of piperazine rings is 1. The summed E-state index contributed by atoms with van der Waals surface area (Å²) in [5, 5.41) is 3.33. The van der Waals surface area contributed by atoms with Crippen LogP contribution in [0.1, 0.15) is 16.2 Å². The number of hydrogen-bond acceptors (Lipinski definition) is 6. The third-order valence-electron chi connectivity index (χ3n) is 6.78. The molecule has 178 valence electrons. The Morgan fingerprint density at radius 2 is 1.91 bits per heavy atom. The van der Waals surface area contributed by atoms with E-state index in [0.29, 0.717) is 36.9 Å². The number of halogens is 1. The van der Waals surface area contributed by atoms with Gasteiger partial charge in [0, 0.05) is 74.0 Å². The van der Waals surface area contributed by atoms with Crippen molar-refractivity contribution in [2.24, 2.45) is 0 Å². The molecule has 5 heterocycles. The first kappa shape index (κ1) is 21.9. The van der Waals surface area contributed by atoms with Gasteiger partial charge in [-0.1, -0.05) is 0 Å². The van der Waals surface area contributed by atoms with Crippen molar-refractivity contribution in [3.63, 3.8) is 0 Å². The van der Waals surface area contributed by atoms with Crippen LogP contribution in [0.3, 0.4) is 0 Å². The Balaban J connectivity index is 1.14. The van der Waals surface area contributed by atoms with Crippen molar-refractivity contribution in [1.82, 2.24) is 24.3 Å². The molecule has 1 unspecified atom stereocenters. The van der Waals surface area contributed by atoms with E-state index in [1.165, 1.54) is 23.6 Å². The maximum atomic E-state index is 13.3. The fourth-order valence-electron chi connectivity index (χ4n) is 4.95. The normalized spacial score (nSPS) is 19.1. The molecule has 2 amide bonds. The highest BCUT2D eigenvalue weighted by molar-refractivity contribution is 7.11. The van der Waals surface area contributed by atoms with E-state index in [-0.39, 0.29) is 23.7 Å². The molecule has 35 heavy (non-hydrogen) atoms. The Hall–Kier alpha value is -3.63.